The van der Waals surface area contributed by atoms with Crippen LogP contribution < -0.4 is 11.1 Å². The van der Waals surface area contributed by atoms with Crippen LogP contribution in [0.5, 0.6) is 0 Å². The number of hydrogen-bond donors (Lipinski definition) is 2. The van der Waals surface area contributed by atoms with E-state index < -0.39 is 0 Å². The zero-order valence-electron chi connectivity index (χ0n) is 9.94. The summed E-state index contributed by atoms with van der Waals surface area (Å²) in [6.07, 6.45) is 0.822. The molecule has 0 aliphatic carbocycles. The molecule has 3 N–H and O–H groups in total. The van der Waals surface area contributed by atoms with Gasteiger partial charge in [-0.15, -0.1) is 0 Å². The summed E-state index contributed by atoms with van der Waals surface area (Å²) in [5.41, 5.74) is 9.48. The fourth-order valence-corrected chi connectivity index (χ4v) is 2.49. The molecule has 1 heterocycles. The number of benzene rings is 2. The van der Waals surface area contributed by atoms with Crippen molar-refractivity contribution >= 4 is 5.69 Å². The molecular formula is C15H15FN2. The minimum Gasteiger partial charge on any atom is -0.378 e. The van der Waals surface area contributed by atoms with E-state index in [9.17, 15) is 4.39 Å². The average Bonchev–Trinajstić information content (AvgIpc) is 2.39. The molecule has 92 valence electrons. The Labute approximate surface area is 106 Å². The molecule has 0 spiro atoms. The molecule has 0 fully saturated rings. The summed E-state index contributed by atoms with van der Waals surface area (Å²) < 4.78 is 12.9. The van der Waals surface area contributed by atoms with E-state index >= 15 is 0 Å². The molecule has 2 atom stereocenters. The maximum Gasteiger partial charge on any atom is 0.123 e. The van der Waals surface area contributed by atoms with Gasteiger partial charge in [-0.05, 0) is 35.7 Å². The van der Waals surface area contributed by atoms with Gasteiger partial charge in [0.05, 0.1) is 6.04 Å². The van der Waals surface area contributed by atoms with Crippen LogP contribution in [0.4, 0.5) is 10.1 Å². The summed E-state index contributed by atoms with van der Waals surface area (Å²) >= 11 is 0. The zero-order chi connectivity index (χ0) is 12.5. The second-order valence-corrected chi connectivity index (χ2v) is 4.68. The van der Waals surface area contributed by atoms with Crippen LogP contribution in [0.2, 0.25) is 0 Å². The number of anilines is 1. The van der Waals surface area contributed by atoms with Gasteiger partial charge < -0.3 is 11.1 Å². The van der Waals surface area contributed by atoms with Crippen LogP contribution >= 0.6 is 0 Å². The van der Waals surface area contributed by atoms with Crippen molar-refractivity contribution in [1.29, 1.82) is 0 Å². The first kappa shape index (κ1) is 11.2. The molecule has 2 nitrogen and oxygen atoms in total. The Balaban J connectivity index is 1.92. The van der Waals surface area contributed by atoms with Gasteiger partial charge in [0.25, 0.3) is 0 Å². The van der Waals surface area contributed by atoms with Gasteiger partial charge in [-0.25, -0.2) is 4.39 Å². The summed E-state index contributed by atoms with van der Waals surface area (Å²) in [5, 5.41) is 3.46. The Morgan fingerprint density at radius 2 is 1.78 bits per heavy atom. The first-order chi connectivity index (χ1) is 8.74. The molecule has 2 aromatic carbocycles. The Morgan fingerprint density at radius 1 is 1.06 bits per heavy atom. The van der Waals surface area contributed by atoms with E-state index in [0.717, 1.165) is 23.2 Å². The van der Waals surface area contributed by atoms with Gasteiger partial charge in [0, 0.05) is 11.7 Å². The number of hydrogen-bond acceptors (Lipinski definition) is 2. The van der Waals surface area contributed by atoms with E-state index in [0.29, 0.717) is 0 Å². The SMILES string of the molecule is NC1CC(c2ccc(F)cc2)Nc2ccccc21. The van der Waals surface area contributed by atoms with Gasteiger partial charge in [-0.3, -0.25) is 0 Å². The fourth-order valence-electron chi connectivity index (χ4n) is 2.49. The van der Waals surface area contributed by atoms with E-state index in [4.69, 9.17) is 5.73 Å². The molecule has 0 amide bonds. The highest BCUT2D eigenvalue weighted by Crippen LogP contribution is 2.37. The predicted molar refractivity (Wildman–Crippen MR) is 70.8 cm³/mol. The monoisotopic (exact) mass is 242 g/mol. The Morgan fingerprint density at radius 3 is 2.56 bits per heavy atom. The molecule has 0 aromatic heterocycles. The standard InChI is InChI=1S/C15H15FN2/c16-11-7-5-10(6-8-11)15-9-13(17)12-3-1-2-4-14(12)18-15/h1-8,13,15,18H,9,17H2. The Bertz CT molecular complexity index is 551. The van der Waals surface area contributed by atoms with Crippen molar-refractivity contribution in [3.8, 4) is 0 Å². The minimum atomic E-state index is -0.209. The quantitative estimate of drug-likeness (QED) is 0.804. The third-order valence-electron chi connectivity index (χ3n) is 3.45. The van der Waals surface area contributed by atoms with Crippen molar-refractivity contribution in [1.82, 2.24) is 0 Å². The molecule has 0 saturated carbocycles. The summed E-state index contributed by atoms with van der Waals surface area (Å²) in [4.78, 5) is 0. The second kappa shape index (κ2) is 4.42. The van der Waals surface area contributed by atoms with Crippen molar-refractivity contribution in [2.24, 2.45) is 5.73 Å². The molecular weight excluding hydrogens is 227 g/mol. The summed E-state index contributed by atoms with van der Waals surface area (Å²) in [5.74, 6) is -0.209. The summed E-state index contributed by atoms with van der Waals surface area (Å²) in [6.45, 7) is 0. The maximum absolute atomic E-state index is 12.9. The normalized spacial score (nSPS) is 22.1. The van der Waals surface area contributed by atoms with Crippen molar-refractivity contribution in [3.63, 3.8) is 0 Å². The molecule has 0 saturated heterocycles. The lowest BCUT2D eigenvalue weighted by atomic mass is 9.90. The highest BCUT2D eigenvalue weighted by Gasteiger charge is 2.24. The molecule has 3 rings (SSSR count). The molecule has 1 aliphatic rings. The number of halogens is 1. The van der Waals surface area contributed by atoms with E-state index in [1.807, 2.05) is 36.4 Å². The van der Waals surface area contributed by atoms with Crippen LogP contribution in [-0.4, -0.2) is 0 Å². The van der Waals surface area contributed by atoms with Gasteiger partial charge in [0.1, 0.15) is 5.82 Å². The van der Waals surface area contributed by atoms with Gasteiger partial charge in [0.15, 0.2) is 0 Å². The highest BCUT2D eigenvalue weighted by atomic mass is 19.1. The van der Waals surface area contributed by atoms with Crippen molar-refractivity contribution in [2.45, 2.75) is 18.5 Å². The molecule has 0 radical (unpaired) electrons. The van der Waals surface area contributed by atoms with Gasteiger partial charge >= 0.3 is 0 Å². The van der Waals surface area contributed by atoms with E-state index in [1.165, 1.54) is 12.1 Å². The molecule has 1 aliphatic heterocycles. The lowest BCUT2D eigenvalue weighted by Gasteiger charge is -2.31. The van der Waals surface area contributed by atoms with Gasteiger partial charge in [0.2, 0.25) is 0 Å². The van der Waals surface area contributed by atoms with Crippen LogP contribution in [-0.2, 0) is 0 Å². The largest absolute Gasteiger partial charge is 0.378 e. The van der Waals surface area contributed by atoms with Crippen LogP contribution in [0.3, 0.4) is 0 Å². The maximum atomic E-state index is 12.9. The smallest absolute Gasteiger partial charge is 0.123 e. The second-order valence-electron chi connectivity index (χ2n) is 4.68. The number of para-hydroxylation sites is 1. The van der Waals surface area contributed by atoms with E-state index in [2.05, 4.69) is 5.32 Å². The van der Waals surface area contributed by atoms with Crippen LogP contribution in [0.25, 0.3) is 0 Å². The Hall–Kier alpha value is -1.87. The third kappa shape index (κ3) is 1.97. The predicted octanol–water partition coefficient (Wildman–Crippen LogP) is 3.38. The summed E-state index contributed by atoms with van der Waals surface area (Å²) in [7, 11) is 0. The lowest BCUT2D eigenvalue weighted by molar-refractivity contribution is 0.559. The Kier molecular flexibility index (Phi) is 2.76. The molecule has 18 heavy (non-hydrogen) atoms. The van der Waals surface area contributed by atoms with E-state index in [-0.39, 0.29) is 17.9 Å². The number of rotatable bonds is 1. The van der Waals surface area contributed by atoms with Gasteiger partial charge in [-0.1, -0.05) is 30.3 Å². The van der Waals surface area contributed by atoms with Crippen LogP contribution in [0, 0.1) is 5.82 Å². The first-order valence-electron chi connectivity index (χ1n) is 6.10. The van der Waals surface area contributed by atoms with Crippen LogP contribution in [0.15, 0.2) is 48.5 Å². The topological polar surface area (TPSA) is 38.0 Å². The third-order valence-corrected chi connectivity index (χ3v) is 3.45. The first-order valence-corrected chi connectivity index (χ1v) is 6.10. The average molecular weight is 242 g/mol. The number of nitrogens with one attached hydrogen (secondary N) is 1. The highest BCUT2D eigenvalue weighted by molar-refractivity contribution is 5.56. The van der Waals surface area contributed by atoms with E-state index in [1.54, 1.807) is 0 Å². The van der Waals surface area contributed by atoms with Crippen LogP contribution in [0.1, 0.15) is 29.6 Å². The number of nitrogens with two attached hydrogens (primary N) is 1. The fraction of sp³-hybridized carbons (Fsp3) is 0.200. The van der Waals surface area contributed by atoms with Crippen molar-refractivity contribution < 1.29 is 4.39 Å². The lowest BCUT2D eigenvalue weighted by Crippen LogP contribution is -2.25. The van der Waals surface area contributed by atoms with Gasteiger partial charge in [-0.2, -0.15) is 0 Å². The number of fused-ring (bicyclic) bond motifs is 1. The van der Waals surface area contributed by atoms with Crippen molar-refractivity contribution in [3.05, 3.63) is 65.5 Å². The zero-order valence-corrected chi connectivity index (χ0v) is 9.94. The molecule has 0 bridgehead atoms. The van der Waals surface area contributed by atoms with Crippen molar-refractivity contribution in [2.75, 3.05) is 5.32 Å². The molecule has 2 unspecified atom stereocenters. The minimum absolute atomic E-state index is 0.0255. The molecule has 2 aromatic rings. The molecule has 3 heteroatoms. The summed E-state index contributed by atoms with van der Waals surface area (Å²) in [6, 6.07) is 14.9.